The van der Waals surface area contributed by atoms with E-state index in [4.69, 9.17) is 0 Å². The molecule has 3 heteroatoms. The molecule has 61 heavy (non-hydrogen) atoms. The van der Waals surface area contributed by atoms with Crippen molar-refractivity contribution < 1.29 is 0 Å². The Labute approximate surface area is 350 Å². The van der Waals surface area contributed by atoms with E-state index in [-0.39, 0.29) is 6.71 Å². The number of benzene rings is 11. The maximum absolute atomic E-state index is 2.66. The molecule has 0 radical (unpaired) electrons. The summed E-state index contributed by atoms with van der Waals surface area (Å²) in [7, 11) is 0. The third-order valence-corrected chi connectivity index (χ3v) is 14.7. The van der Waals surface area contributed by atoms with E-state index < -0.39 is 0 Å². The van der Waals surface area contributed by atoms with Crippen molar-refractivity contribution in [3.63, 3.8) is 0 Å². The van der Waals surface area contributed by atoms with Crippen molar-refractivity contribution in [3.8, 4) is 44.8 Å². The summed E-state index contributed by atoms with van der Waals surface area (Å²) in [6.07, 6.45) is 0. The molecule has 16 rings (SSSR count). The van der Waals surface area contributed by atoms with Gasteiger partial charge >= 0.3 is 0 Å². The molecule has 0 atom stereocenters. The quantitative estimate of drug-likeness (QED) is 0.147. The summed E-state index contributed by atoms with van der Waals surface area (Å²) in [5.74, 6) is 0. The van der Waals surface area contributed by atoms with Crippen LogP contribution in [0.2, 0.25) is 0 Å². The second kappa shape index (κ2) is 10.6. The fourth-order valence-electron chi connectivity index (χ4n) is 12.4. The Morgan fingerprint density at radius 2 is 0.869 bits per heavy atom. The molecule has 0 spiro atoms. The highest BCUT2D eigenvalue weighted by molar-refractivity contribution is 7.00. The first-order valence-corrected chi connectivity index (χ1v) is 21.5. The van der Waals surface area contributed by atoms with Crippen LogP contribution < -0.4 is 16.4 Å². The van der Waals surface area contributed by atoms with Gasteiger partial charge in [0.25, 0.3) is 6.71 Å². The van der Waals surface area contributed by atoms with Gasteiger partial charge in [-0.05, 0) is 123 Å². The van der Waals surface area contributed by atoms with E-state index in [0.717, 1.165) is 0 Å². The van der Waals surface area contributed by atoms with Crippen LogP contribution in [-0.2, 0) is 0 Å². The van der Waals surface area contributed by atoms with E-state index in [0.29, 0.717) is 0 Å². The minimum absolute atomic E-state index is 0.0183. The smallest absolute Gasteiger partial charge is 0.252 e. The van der Waals surface area contributed by atoms with Gasteiger partial charge in [0.15, 0.2) is 0 Å². The van der Waals surface area contributed by atoms with Gasteiger partial charge in [-0.25, -0.2) is 0 Å². The molecule has 0 saturated carbocycles. The Balaban J connectivity index is 1.17. The monoisotopic (exact) mass is 766 g/mol. The van der Waals surface area contributed by atoms with Gasteiger partial charge in [0.1, 0.15) is 0 Å². The van der Waals surface area contributed by atoms with Gasteiger partial charge in [0.2, 0.25) is 0 Å². The lowest BCUT2D eigenvalue weighted by Crippen LogP contribution is -2.59. The average molecular weight is 767 g/mol. The molecule has 13 aromatic rings. The Hall–Kier alpha value is -7.88. The number of hydrogen-bond acceptors (Lipinski definition) is 0. The van der Waals surface area contributed by atoms with E-state index in [1.54, 1.807) is 0 Å². The summed E-state index contributed by atoms with van der Waals surface area (Å²) in [4.78, 5) is 0. The molecular formula is C58H31BN2. The zero-order chi connectivity index (χ0) is 39.2. The molecule has 1 aliphatic carbocycles. The first-order chi connectivity index (χ1) is 30.3. The Morgan fingerprint density at radius 3 is 1.66 bits per heavy atom. The van der Waals surface area contributed by atoms with Crippen molar-refractivity contribution in [3.05, 3.63) is 188 Å². The highest BCUT2D eigenvalue weighted by Crippen LogP contribution is 2.51. The van der Waals surface area contributed by atoms with Crippen molar-refractivity contribution in [2.45, 2.75) is 0 Å². The third kappa shape index (κ3) is 3.62. The number of aromatic nitrogens is 2. The maximum atomic E-state index is 2.66. The van der Waals surface area contributed by atoms with E-state index in [2.05, 4.69) is 197 Å². The van der Waals surface area contributed by atoms with Crippen LogP contribution in [0.25, 0.3) is 131 Å². The second-order valence-electron chi connectivity index (χ2n) is 17.5. The molecule has 2 aromatic heterocycles. The molecule has 276 valence electrons. The van der Waals surface area contributed by atoms with Gasteiger partial charge in [-0.15, -0.1) is 0 Å². The third-order valence-electron chi connectivity index (χ3n) is 14.7. The van der Waals surface area contributed by atoms with Crippen LogP contribution in [-0.4, -0.2) is 15.8 Å². The van der Waals surface area contributed by atoms with Gasteiger partial charge < -0.3 is 9.13 Å². The largest absolute Gasteiger partial charge is 0.310 e. The molecule has 0 amide bonds. The Morgan fingerprint density at radius 1 is 0.311 bits per heavy atom. The first kappa shape index (κ1) is 31.1. The lowest BCUT2D eigenvalue weighted by molar-refractivity contribution is 1.14. The van der Waals surface area contributed by atoms with Crippen LogP contribution in [0.15, 0.2) is 188 Å². The topological polar surface area (TPSA) is 9.86 Å². The lowest BCUT2D eigenvalue weighted by Gasteiger charge is -2.35. The molecule has 0 unspecified atom stereocenters. The molecule has 0 bridgehead atoms. The average Bonchev–Trinajstić information content (AvgIpc) is 3.82. The SMILES string of the molecule is c1ccc2c(c1)-c1cccc3cc4c5c(c13)c1c-2cccc1n5-c1cc(-c2ccc3ccccc3c2)cc2c1B4c1cc3ccccc3c3c4c5ccccc5ccc4n-2c13. The minimum Gasteiger partial charge on any atom is -0.310 e. The van der Waals surface area contributed by atoms with Crippen LogP contribution >= 0.6 is 0 Å². The standard InChI is InChI=1S/C58H31BN2/c1-2-13-34-27-35(24-23-32(34)11-1)38-30-49-56-50(31-38)61-48-26-25-33-12-3-5-16-39(33)52(48)54-40-17-6-4-14-36(40)28-45(57(54)61)59(56)46-29-37-15-9-20-43-41-18-7-8-19-42(41)44-21-10-22-47-53(44)55(51(37)43)58(46)60(47)49/h1-31H. The lowest BCUT2D eigenvalue weighted by atomic mass is 9.34. The van der Waals surface area contributed by atoms with Crippen molar-refractivity contribution >= 4 is 110 Å². The summed E-state index contributed by atoms with van der Waals surface area (Å²) >= 11 is 0. The Bertz CT molecular complexity index is 4240. The van der Waals surface area contributed by atoms with E-state index in [9.17, 15) is 0 Å². The predicted molar refractivity (Wildman–Crippen MR) is 260 cm³/mol. The zero-order valence-electron chi connectivity index (χ0n) is 32.9. The summed E-state index contributed by atoms with van der Waals surface area (Å²) in [5, 5.41) is 15.8. The van der Waals surface area contributed by atoms with Gasteiger partial charge in [-0.2, -0.15) is 0 Å². The summed E-state index contributed by atoms with van der Waals surface area (Å²) < 4.78 is 5.31. The number of rotatable bonds is 1. The number of nitrogens with zero attached hydrogens (tertiary/aromatic N) is 2. The molecule has 0 fully saturated rings. The van der Waals surface area contributed by atoms with Crippen LogP contribution in [0.1, 0.15) is 0 Å². The van der Waals surface area contributed by atoms with Gasteiger partial charge in [-0.3, -0.25) is 0 Å². The van der Waals surface area contributed by atoms with Crippen LogP contribution in [0.5, 0.6) is 0 Å². The molecule has 2 aliphatic heterocycles. The van der Waals surface area contributed by atoms with E-state index in [1.807, 2.05) is 0 Å². The summed E-state index contributed by atoms with van der Waals surface area (Å²) in [6, 6.07) is 71.7. The second-order valence-corrected chi connectivity index (χ2v) is 17.5. The normalized spacial score (nSPS) is 13.2. The minimum atomic E-state index is 0.0183. The summed E-state index contributed by atoms with van der Waals surface area (Å²) in [6.45, 7) is 0.0183. The van der Waals surface area contributed by atoms with Crippen LogP contribution in [0.4, 0.5) is 0 Å². The van der Waals surface area contributed by atoms with Crippen molar-refractivity contribution in [1.29, 1.82) is 0 Å². The number of hydrogen-bond donors (Lipinski definition) is 0. The van der Waals surface area contributed by atoms with Gasteiger partial charge in [0, 0.05) is 32.9 Å². The van der Waals surface area contributed by atoms with Crippen LogP contribution in [0.3, 0.4) is 0 Å². The molecule has 0 saturated heterocycles. The van der Waals surface area contributed by atoms with E-state index in [1.165, 1.54) is 148 Å². The predicted octanol–water partition coefficient (Wildman–Crippen LogP) is 13.0. The molecule has 11 aromatic carbocycles. The zero-order valence-corrected chi connectivity index (χ0v) is 32.9. The fourth-order valence-corrected chi connectivity index (χ4v) is 12.4. The fraction of sp³-hybridized carbons (Fsp3) is 0. The van der Waals surface area contributed by atoms with Gasteiger partial charge in [-0.1, -0.05) is 158 Å². The van der Waals surface area contributed by atoms with Gasteiger partial charge in [0.05, 0.1) is 22.1 Å². The summed E-state index contributed by atoms with van der Waals surface area (Å²) in [5.41, 5.74) is 19.6. The van der Waals surface area contributed by atoms with E-state index >= 15 is 0 Å². The Kier molecular flexibility index (Phi) is 5.43. The molecule has 2 nitrogen and oxygen atoms in total. The molecular weight excluding hydrogens is 735 g/mol. The van der Waals surface area contributed by atoms with Crippen molar-refractivity contribution in [2.24, 2.45) is 0 Å². The maximum Gasteiger partial charge on any atom is 0.252 e. The molecule has 3 aliphatic rings. The van der Waals surface area contributed by atoms with Crippen molar-refractivity contribution in [1.82, 2.24) is 9.13 Å². The highest BCUT2D eigenvalue weighted by Gasteiger charge is 2.43. The molecule has 0 N–H and O–H groups in total. The first-order valence-electron chi connectivity index (χ1n) is 21.5. The van der Waals surface area contributed by atoms with Crippen LogP contribution in [0, 0.1) is 0 Å². The highest BCUT2D eigenvalue weighted by atomic mass is 15.0. The number of fused-ring (bicyclic) bond motifs is 16. The molecule has 4 heterocycles. The van der Waals surface area contributed by atoms with Crippen molar-refractivity contribution in [2.75, 3.05) is 0 Å².